The molecule has 4 heterocycles. The number of amides is 1. The number of ether oxygens (including phenoxy) is 1. The van der Waals surface area contributed by atoms with Gasteiger partial charge in [0, 0.05) is 25.3 Å². The first-order valence-corrected chi connectivity index (χ1v) is 10.3. The highest BCUT2D eigenvalue weighted by Gasteiger charge is 2.26. The van der Waals surface area contributed by atoms with Gasteiger partial charge in [-0.1, -0.05) is 6.07 Å². The number of aliphatic hydroxyl groups is 1. The third-order valence-electron chi connectivity index (χ3n) is 5.09. The maximum Gasteiger partial charge on any atom is 0.256 e. The van der Waals surface area contributed by atoms with Crippen LogP contribution in [0.25, 0.3) is 16.9 Å². The Hall–Kier alpha value is -3.27. The van der Waals surface area contributed by atoms with Crippen molar-refractivity contribution >= 4 is 17.2 Å². The van der Waals surface area contributed by atoms with Gasteiger partial charge in [0.05, 0.1) is 23.4 Å². The van der Waals surface area contributed by atoms with Crippen LogP contribution in [0.3, 0.4) is 0 Å². The largest absolute Gasteiger partial charge is 0.473 e. The summed E-state index contributed by atoms with van der Waals surface area (Å²) in [6.07, 6.45) is 4.65. The SMILES string of the molecule is CC(C)Oc1nc(-c2cnn3ccccc23)nc(N[C@@H]2CCCN(C(=O)CO)C2)c1F. The summed E-state index contributed by atoms with van der Waals surface area (Å²) in [6.45, 7) is 3.97. The number of nitrogens with one attached hydrogen (secondary N) is 1. The number of fused-ring (bicyclic) bond motifs is 1. The number of halogens is 1. The van der Waals surface area contributed by atoms with Gasteiger partial charge in [0.1, 0.15) is 6.61 Å². The molecule has 1 aliphatic rings. The van der Waals surface area contributed by atoms with E-state index in [9.17, 15) is 4.79 Å². The molecule has 10 heteroatoms. The average Bonchev–Trinajstić information content (AvgIpc) is 3.20. The van der Waals surface area contributed by atoms with Crippen LogP contribution in [0.2, 0.25) is 0 Å². The van der Waals surface area contributed by atoms with Gasteiger partial charge in [0.2, 0.25) is 11.7 Å². The minimum Gasteiger partial charge on any atom is -0.473 e. The third kappa shape index (κ3) is 4.43. The Kier molecular flexibility index (Phi) is 5.99. The topological polar surface area (TPSA) is 105 Å². The molecule has 1 amide bonds. The third-order valence-corrected chi connectivity index (χ3v) is 5.09. The zero-order chi connectivity index (χ0) is 22.0. The lowest BCUT2D eigenvalue weighted by Gasteiger charge is -2.33. The van der Waals surface area contributed by atoms with Gasteiger partial charge in [-0.05, 0) is 38.8 Å². The van der Waals surface area contributed by atoms with Crippen molar-refractivity contribution in [1.82, 2.24) is 24.5 Å². The number of likely N-dealkylation sites (tertiary alicyclic amines) is 1. The number of pyridine rings is 1. The summed E-state index contributed by atoms with van der Waals surface area (Å²) in [7, 11) is 0. The monoisotopic (exact) mass is 428 g/mol. The molecule has 0 spiro atoms. The zero-order valence-corrected chi connectivity index (χ0v) is 17.5. The lowest BCUT2D eigenvalue weighted by Crippen LogP contribution is -2.46. The van der Waals surface area contributed by atoms with Crippen LogP contribution in [0.4, 0.5) is 10.2 Å². The lowest BCUT2D eigenvalue weighted by molar-refractivity contribution is -0.135. The maximum atomic E-state index is 15.2. The number of anilines is 1. The number of carbonyl (C=O) groups is 1. The summed E-state index contributed by atoms with van der Waals surface area (Å²) in [5.41, 5.74) is 1.44. The summed E-state index contributed by atoms with van der Waals surface area (Å²) in [5, 5.41) is 16.6. The molecule has 1 saturated heterocycles. The maximum absolute atomic E-state index is 15.2. The van der Waals surface area contributed by atoms with Crippen molar-refractivity contribution in [1.29, 1.82) is 0 Å². The van der Waals surface area contributed by atoms with E-state index in [0.29, 0.717) is 24.5 Å². The summed E-state index contributed by atoms with van der Waals surface area (Å²) in [6, 6.07) is 5.41. The predicted molar refractivity (Wildman–Crippen MR) is 112 cm³/mol. The molecule has 1 fully saturated rings. The summed E-state index contributed by atoms with van der Waals surface area (Å²) < 4.78 is 22.5. The van der Waals surface area contributed by atoms with E-state index in [2.05, 4.69) is 20.4 Å². The van der Waals surface area contributed by atoms with E-state index in [1.54, 1.807) is 29.5 Å². The van der Waals surface area contributed by atoms with Crippen LogP contribution in [0.15, 0.2) is 30.6 Å². The van der Waals surface area contributed by atoms with Crippen molar-refractivity contribution in [2.24, 2.45) is 0 Å². The van der Waals surface area contributed by atoms with Gasteiger partial charge in [0.25, 0.3) is 5.88 Å². The van der Waals surface area contributed by atoms with E-state index in [4.69, 9.17) is 9.84 Å². The second-order valence-corrected chi connectivity index (χ2v) is 7.75. The Morgan fingerprint density at radius 3 is 3.00 bits per heavy atom. The van der Waals surface area contributed by atoms with Gasteiger partial charge in [-0.15, -0.1) is 0 Å². The van der Waals surface area contributed by atoms with Crippen LogP contribution in [-0.4, -0.2) is 67.3 Å². The van der Waals surface area contributed by atoms with E-state index in [1.807, 2.05) is 24.4 Å². The van der Waals surface area contributed by atoms with Crippen LogP contribution in [0.1, 0.15) is 26.7 Å². The van der Waals surface area contributed by atoms with E-state index in [0.717, 1.165) is 18.4 Å². The number of carbonyl (C=O) groups excluding carboxylic acids is 1. The fraction of sp³-hybridized carbons (Fsp3) is 0.429. The molecule has 9 nitrogen and oxygen atoms in total. The predicted octanol–water partition coefficient (Wildman–Crippen LogP) is 2.11. The smallest absolute Gasteiger partial charge is 0.256 e. The van der Waals surface area contributed by atoms with Crippen molar-refractivity contribution in [3.05, 3.63) is 36.4 Å². The molecule has 4 rings (SSSR count). The summed E-state index contributed by atoms with van der Waals surface area (Å²) >= 11 is 0. The molecule has 31 heavy (non-hydrogen) atoms. The van der Waals surface area contributed by atoms with Gasteiger partial charge in [-0.3, -0.25) is 4.79 Å². The van der Waals surface area contributed by atoms with Gasteiger partial charge in [-0.2, -0.15) is 14.5 Å². The second-order valence-electron chi connectivity index (χ2n) is 7.75. The number of rotatable bonds is 6. The lowest BCUT2D eigenvalue weighted by atomic mass is 10.1. The van der Waals surface area contributed by atoms with Crippen molar-refractivity contribution < 1.29 is 19.0 Å². The molecule has 0 aromatic carbocycles. The first-order chi connectivity index (χ1) is 15.0. The number of hydrogen-bond donors (Lipinski definition) is 2. The number of aromatic nitrogens is 4. The molecule has 1 atom stereocenters. The van der Waals surface area contributed by atoms with Crippen LogP contribution >= 0.6 is 0 Å². The molecule has 0 saturated carbocycles. The Labute approximate surface area is 178 Å². The second kappa shape index (κ2) is 8.84. The van der Waals surface area contributed by atoms with Crippen molar-refractivity contribution in [2.75, 3.05) is 25.0 Å². The molecule has 0 radical (unpaired) electrons. The van der Waals surface area contributed by atoms with E-state index in [-0.39, 0.29) is 29.8 Å². The molecule has 0 bridgehead atoms. The Morgan fingerprint density at radius 2 is 2.23 bits per heavy atom. The number of aliphatic hydroxyl groups excluding tert-OH is 1. The van der Waals surface area contributed by atoms with Gasteiger partial charge in [0.15, 0.2) is 11.6 Å². The van der Waals surface area contributed by atoms with E-state index >= 15 is 4.39 Å². The van der Waals surface area contributed by atoms with Crippen molar-refractivity contribution in [2.45, 2.75) is 38.8 Å². The van der Waals surface area contributed by atoms with Crippen LogP contribution in [-0.2, 0) is 4.79 Å². The molecule has 0 aliphatic carbocycles. The summed E-state index contributed by atoms with van der Waals surface area (Å²) in [4.78, 5) is 22.2. The highest BCUT2D eigenvalue weighted by Crippen LogP contribution is 2.30. The van der Waals surface area contributed by atoms with Crippen LogP contribution < -0.4 is 10.1 Å². The van der Waals surface area contributed by atoms with Crippen molar-refractivity contribution in [3.8, 4) is 17.3 Å². The number of piperidine rings is 1. The van der Waals surface area contributed by atoms with Gasteiger partial charge >= 0.3 is 0 Å². The summed E-state index contributed by atoms with van der Waals surface area (Å²) in [5.74, 6) is -0.860. The minimum absolute atomic E-state index is 0.0132. The van der Waals surface area contributed by atoms with E-state index in [1.165, 1.54) is 0 Å². The van der Waals surface area contributed by atoms with Gasteiger partial charge < -0.3 is 20.1 Å². The Bertz CT molecular complexity index is 1090. The molecular weight excluding hydrogens is 403 g/mol. The number of hydrogen-bond acceptors (Lipinski definition) is 7. The fourth-order valence-electron chi connectivity index (χ4n) is 3.67. The first kappa shape index (κ1) is 21.0. The minimum atomic E-state index is -0.681. The highest BCUT2D eigenvalue weighted by atomic mass is 19.1. The first-order valence-electron chi connectivity index (χ1n) is 10.3. The molecule has 3 aromatic heterocycles. The molecule has 1 aliphatic heterocycles. The zero-order valence-electron chi connectivity index (χ0n) is 17.5. The molecule has 3 aromatic rings. The number of nitrogens with zero attached hydrogens (tertiary/aromatic N) is 5. The molecule has 164 valence electrons. The standard InChI is InChI=1S/C21H25FN6O3/c1-13(2)31-21-18(22)20(24-14-6-5-8-27(11-14)17(30)12-29)25-19(26-21)15-10-23-28-9-4-3-7-16(15)28/h3-4,7,9-10,13-14,29H,5-6,8,11-12H2,1-2H3,(H,24,25,26)/t14-/m1/s1. The van der Waals surface area contributed by atoms with Gasteiger partial charge in [-0.25, -0.2) is 9.50 Å². The fourth-order valence-corrected chi connectivity index (χ4v) is 3.67. The molecular formula is C21H25FN6O3. The quantitative estimate of drug-likeness (QED) is 0.620. The Balaban J connectivity index is 1.70. The van der Waals surface area contributed by atoms with Crippen LogP contribution in [0.5, 0.6) is 5.88 Å². The molecule has 0 unspecified atom stereocenters. The highest BCUT2D eigenvalue weighted by molar-refractivity contribution is 5.77. The van der Waals surface area contributed by atoms with E-state index < -0.39 is 12.4 Å². The Morgan fingerprint density at radius 1 is 1.39 bits per heavy atom. The van der Waals surface area contributed by atoms with Crippen LogP contribution in [0, 0.1) is 5.82 Å². The van der Waals surface area contributed by atoms with Crippen molar-refractivity contribution in [3.63, 3.8) is 0 Å². The molecule has 2 N–H and O–H groups in total. The average molecular weight is 428 g/mol. The normalized spacial score (nSPS) is 16.7.